The molecule has 7 heteroatoms. The van der Waals surface area contributed by atoms with Crippen molar-refractivity contribution < 1.29 is 4.79 Å². The standard InChI is InChI=1S/C13H23N5OS/c1-9(2)12-16-8-10(18-14)11(17-12)13(19)15-6-4-5-7-20-3/h8-9,18H,4-7,14H2,1-3H3,(H,15,19). The summed E-state index contributed by atoms with van der Waals surface area (Å²) in [4.78, 5) is 20.6. The average molecular weight is 297 g/mol. The number of aromatic nitrogens is 2. The van der Waals surface area contributed by atoms with Crippen molar-refractivity contribution in [2.45, 2.75) is 32.6 Å². The largest absolute Gasteiger partial charge is 0.351 e. The van der Waals surface area contributed by atoms with Gasteiger partial charge in [0.2, 0.25) is 0 Å². The van der Waals surface area contributed by atoms with Crippen LogP contribution in [0.1, 0.15) is 48.9 Å². The van der Waals surface area contributed by atoms with Crippen LogP contribution in [0.25, 0.3) is 0 Å². The zero-order valence-corrected chi connectivity index (χ0v) is 13.1. The molecule has 1 amide bonds. The molecule has 0 saturated carbocycles. The Morgan fingerprint density at radius 1 is 1.45 bits per heavy atom. The molecular formula is C13H23N5OS. The van der Waals surface area contributed by atoms with Crippen LogP contribution >= 0.6 is 11.8 Å². The molecule has 0 aliphatic rings. The van der Waals surface area contributed by atoms with Gasteiger partial charge in [0, 0.05) is 12.5 Å². The SMILES string of the molecule is CSCCCCNC(=O)c1nc(C(C)C)ncc1NN. The molecule has 1 rings (SSSR count). The number of hydrogen-bond acceptors (Lipinski definition) is 6. The number of unbranched alkanes of at least 4 members (excludes halogenated alkanes) is 1. The van der Waals surface area contributed by atoms with Gasteiger partial charge in [-0.05, 0) is 24.9 Å². The van der Waals surface area contributed by atoms with E-state index in [0.29, 0.717) is 23.8 Å². The number of nitrogen functional groups attached to an aromatic ring is 1. The number of nitrogens with two attached hydrogens (primary N) is 1. The first-order chi connectivity index (χ1) is 9.60. The van der Waals surface area contributed by atoms with Gasteiger partial charge in [-0.2, -0.15) is 11.8 Å². The van der Waals surface area contributed by atoms with E-state index in [2.05, 4.69) is 27.0 Å². The Labute approximate surface area is 124 Å². The number of nitrogens with zero attached hydrogens (tertiary/aromatic N) is 2. The number of amides is 1. The Morgan fingerprint density at radius 3 is 2.80 bits per heavy atom. The van der Waals surface area contributed by atoms with Crippen LogP contribution in [0.15, 0.2) is 6.20 Å². The van der Waals surface area contributed by atoms with E-state index in [-0.39, 0.29) is 11.8 Å². The van der Waals surface area contributed by atoms with Crippen LogP contribution in [0.3, 0.4) is 0 Å². The number of hydrogen-bond donors (Lipinski definition) is 3. The number of carbonyl (C=O) groups excluding carboxylic acids is 1. The highest BCUT2D eigenvalue weighted by Gasteiger charge is 2.15. The van der Waals surface area contributed by atoms with E-state index < -0.39 is 0 Å². The van der Waals surface area contributed by atoms with Gasteiger partial charge < -0.3 is 10.7 Å². The predicted molar refractivity (Wildman–Crippen MR) is 83.9 cm³/mol. The van der Waals surface area contributed by atoms with Crippen molar-refractivity contribution in [2.24, 2.45) is 5.84 Å². The molecule has 1 aromatic heterocycles. The minimum absolute atomic E-state index is 0.162. The molecular weight excluding hydrogens is 274 g/mol. The number of nitrogens with one attached hydrogen (secondary N) is 2. The first-order valence-electron chi connectivity index (χ1n) is 6.70. The molecule has 1 heterocycles. The lowest BCUT2D eigenvalue weighted by Gasteiger charge is -2.11. The smallest absolute Gasteiger partial charge is 0.272 e. The average Bonchev–Trinajstić information content (AvgIpc) is 2.46. The quantitative estimate of drug-likeness (QED) is 0.384. The van der Waals surface area contributed by atoms with Gasteiger partial charge in [0.25, 0.3) is 5.91 Å². The number of thioether (sulfide) groups is 1. The van der Waals surface area contributed by atoms with Gasteiger partial charge in [0.05, 0.1) is 11.9 Å². The molecule has 0 fully saturated rings. The second-order valence-corrected chi connectivity index (χ2v) is 5.73. The Morgan fingerprint density at radius 2 is 2.20 bits per heavy atom. The first-order valence-corrected chi connectivity index (χ1v) is 8.10. The predicted octanol–water partition coefficient (Wildman–Crippen LogP) is 1.76. The molecule has 0 radical (unpaired) electrons. The van der Waals surface area contributed by atoms with Crippen LogP contribution in [0.4, 0.5) is 5.69 Å². The number of anilines is 1. The van der Waals surface area contributed by atoms with Crippen LogP contribution in [0.5, 0.6) is 0 Å². The molecule has 20 heavy (non-hydrogen) atoms. The fourth-order valence-corrected chi connectivity index (χ4v) is 2.10. The van der Waals surface area contributed by atoms with Crippen LogP contribution in [-0.2, 0) is 0 Å². The topological polar surface area (TPSA) is 92.9 Å². The Bertz CT molecular complexity index is 439. The lowest BCUT2D eigenvalue weighted by atomic mass is 10.2. The van der Waals surface area contributed by atoms with Crippen molar-refractivity contribution in [3.05, 3.63) is 17.7 Å². The maximum Gasteiger partial charge on any atom is 0.272 e. The van der Waals surface area contributed by atoms with E-state index in [1.54, 1.807) is 6.20 Å². The van der Waals surface area contributed by atoms with E-state index >= 15 is 0 Å². The lowest BCUT2D eigenvalue weighted by molar-refractivity contribution is 0.0948. The summed E-state index contributed by atoms with van der Waals surface area (Å²) in [5.74, 6) is 7.09. The van der Waals surface area contributed by atoms with Gasteiger partial charge in [-0.25, -0.2) is 9.97 Å². The van der Waals surface area contributed by atoms with Crippen LogP contribution in [0.2, 0.25) is 0 Å². The minimum Gasteiger partial charge on any atom is -0.351 e. The molecule has 0 bridgehead atoms. The zero-order chi connectivity index (χ0) is 15.0. The van der Waals surface area contributed by atoms with Crippen LogP contribution in [-0.4, -0.2) is 34.4 Å². The normalized spacial score (nSPS) is 10.7. The highest BCUT2D eigenvalue weighted by Crippen LogP contribution is 2.15. The lowest BCUT2D eigenvalue weighted by Crippen LogP contribution is -2.28. The Hall–Kier alpha value is -1.34. The van der Waals surface area contributed by atoms with Crippen molar-refractivity contribution in [3.8, 4) is 0 Å². The van der Waals surface area contributed by atoms with Crippen molar-refractivity contribution in [1.29, 1.82) is 0 Å². The van der Waals surface area contributed by atoms with Gasteiger partial charge in [-0.3, -0.25) is 10.6 Å². The van der Waals surface area contributed by atoms with Crippen LogP contribution < -0.4 is 16.6 Å². The summed E-state index contributed by atoms with van der Waals surface area (Å²) in [5, 5.41) is 2.86. The molecule has 0 aliphatic heterocycles. The maximum atomic E-state index is 12.1. The second kappa shape index (κ2) is 8.76. The highest BCUT2D eigenvalue weighted by atomic mass is 32.2. The molecule has 0 unspecified atom stereocenters. The zero-order valence-electron chi connectivity index (χ0n) is 12.3. The van der Waals surface area contributed by atoms with Crippen molar-refractivity contribution in [2.75, 3.05) is 24.0 Å². The molecule has 0 aromatic carbocycles. The molecule has 4 N–H and O–H groups in total. The van der Waals surface area contributed by atoms with Gasteiger partial charge >= 0.3 is 0 Å². The highest BCUT2D eigenvalue weighted by molar-refractivity contribution is 7.98. The number of rotatable bonds is 8. The Balaban J connectivity index is 2.67. The van der Waals surface area contributed by atoms with E-state index in [4.69, 9.17) is 5.84 Å². The molecule has 0 atom stereocenters. The van der Waals surface area contributed by atoms with Gasteiger partial charge in [0.15, 0.2) is 5.69 Å². The second-order valence-electron chi connectivity index (χ2n) is 4.75. The summed E-state index contributed by atoms with van der Waals surface area (Å²) in [6, 6.07) is 0. The van der Waals surface area contributed by atoms with Gasteiger partial charge in [-0.1, -0.05) is 13.8 Å². The molecule has 1 aromatic rings. The fourth-order valence-electron chi connectivity index (χ4n) is 1.61. The number of carbonyl (C=O) groups is 1. The summed E-state index contributed by atoms with van der Waals surface area (Å²) in [5.41, 5.74) is 3.21. The summed E-state index contributed by atoms with van der Waals surface area (Å²) in [7, 11) is 0. The third-order valence-corrected chi connectivity index (χ3v) is 3.45. The molecule has 112 valence electrons. The molecule has 0 aliphatic carbocycles. The third kappa shape index (κ3) is 4.97. The minimum atomic E-state index is -0.216. The van der Waals surface area contributed by atoms with Gasteiger partial charge in [-0.15, -0.1) is 0 Å². The fraction of sp³-hybridized carbons (Fsp3) is 0.615. The Kier molecular flexibility index (Phi) is 7.32. The number of hydrazine groups is 1. The summed E-state index contributed by atoms with van der Waals surface area (Å²) in [6.45, 7) is 4.61. The third-order valence-electron chi connectivity index (χ3n) is 2.76. The summed E-state index contributed by atoms with van der Waals surface area (Å²) >= 11 is 1.81. The first kappa shape index (κ1) is 16.7. The van der Waals surface area contributed by atoms with Crippen LogP contribution in [0, 0.1) is 0 Å². The summed E-state index contributed by atoms with van der Waals surface area (Å²) in [6.07, 6.45) is 5.67. The van der Waals surface area contributed by atoms with E-state index in [9.17, 15) is 4.79 Å². The summed E-state index contributed by atoms with van der Waals surface area (Å²) < 4.78 is 0. The molecule has 0 spiro atoms. The van der Waals surface area contributed by atoms with E-state index in [1.165, 1.54) is 0 Å². The van der Waals surface area contributed by atoms with Crippen molar-refractivity contribution >= 4 is 23.4 Å². The molecule has 6 nitrogen and oxygen atoms in total. The van der Waals surface area contributed by atoms with Crippen molar-refractivity contribution in [3.63, 3.8) is 0 Å². The van der Waals surface area contributed by atoms with E-state index in [1.807, 2.05) is 25.6 Å². The van der Waals surface area contributed by atoms with Crippen molar-refractivity contribution in [1.82, 2.24) is 15.3 Å². The monoisotopic (exact) mass is 297 g/mol. The maximum absolute atomic E-state index is 12.1. The molecule has 0 saturated heterocycles. The van der Waals surface area contributed by atoms with E-state index in [0.717, 1.165) is 18.6 Å². The van der Waals surface area contributed by atoms with Gasteiger partial charge in [0.1, 0.15) is 5.82 Å².